The van der Waals surface area contributed by atoms with Crippen molar-refractivity contribution in [2.24, 2.45) is 0 Å². The fraction of sp³-hybridized carbons (Fsp3) is 0. The first-order valence-corrected chi connectivity index (χ1v) is 8.20. The zero-order chi connectivity index (χ0) is 16.4. The molecule has 116 valence electrons. The number of hydrogen-bond acceptors (Lipinski definition) is 5. The summed E-state index contributed by atoms with van der Waals surface area (Å²) in [5.74, 6) is 0. The van der Waals surface area contributed by atoms with Gasteiger partial charge in [0.25, 0.3) is 5.56 Å². The number of thiazole rings is 1. The Hall–Kier alpha value is -3.12. The summed E-state index contributed by atoms with van der Waals surface area (Å²) >= 11 is 1.42. The maximum Gasteiger partial charge on any atom is 0.259 e. The molecule has 0 unspecified atom stereocenters. The van der Waals surface area contributed by atoms with Gasteiger partial charge in [0.15, 0.2) is 4.96 Å². The molecule has 4 aromatic heterocycles. The van der Waals surface area contributed by atoms with E-state index in [-0.39, 0.29) is 5.56 Å². The van der Waals surface area contributed by atoms with E-state index in [9.17, 15) is 4.79 Å². The van der Waals surface area contributed by atoms with Crippen LogP contribution < -0.4 is 5.56 Å². The molecule has 0 spiro atoms. The van der Waals surface area contributed by atoms with E-state index in [1.807, 2.05) is 47.9 Å². The topological polar surface area (TPSA) is 60.2 Å². The Balaban J connectivity index is 1.77. The van der Waals surface area contributed by atoms with Crippen LogP contribution in [0.5, 0.6) is 0 Å². The molecule has 0 atom stereocenters. The molecule has 4 heterocycles. The van der Waals surface area contributed by atoms with Crippen molar-refractivity contribution in [3.8, 4) is 11.4 Å². The van der Waals surface area contributed by atoms with E-state index in [2.05, 4.69) is 15.0 Å². The molecule has 0 bridgehead atoms. The largest absolute Gasteiger partial charge is 0.269 e. The number of fused-ring (bicyclic) bond motifs is 1. The van der Waals surface area contributed by atoms with Gasteiger partial charge in [0.2, 0.25) is 0 Å². The Morgan fingerprint density at radius 1 is 1.08 bits per heavy atom. The van der Waals surface area contributed by atoms with E-state index in [0.29, 0.717) is 10.7 Å². The molecule has 0 aromatic carbocycles. The Kier molecular flexibility index (Phi) is 3.72. The van der Waals surface area contributed by atoms with Crippen LogP contribution in [0.4, 0.5) is 0 Å². The summed E-state index contributed by atoms with van der Waals surface area (Å²) in [4.78, 5) is 26.1. The van der Waals surface area contributed by atoms with Gasteiger partial charge in [-0.25, -0.2) is 9.38 Å². The standard InChI is InChI=1S/C18H12N4OS/c23-17-10-14(7-6-13-4-3-8-19-11-13)21-18-22(17)16(12-24-18)15-5-1-2-9-20-15/h1-12H/b7-6+. The van der Waals surface area contributed by atoms with Crippen molar-refractivity contribution in [3.05, 3.63) is 82.0 Å². The van der Waals surface area contributed by atoms with Crippen molar-refractivity contribution >= 4 is 28.4 Å². The minimum atomic E-state index is -0.118. The van der Waals surface area contributed by atoms with Gasteiger partial charge in [-0.3, -0.25) is 14.8 Å². The van der Waals surface area contributed by atoms with Crippen LogP contribution in [0.1, 0.15) is 11.3 Å². The number of aromatic nitrogens is 4. The third-order valence-electron chi connectivity index (χ3n) is 3.48. The molecule has 24 heavy (non-hydrogen) atoms. The quantitative estimate of drug-likeness (QED) is 0.577. The van der Waals surface area contributed by atoms with Gasteiger partial charge in [-0.2, -0.15) is 0 Å². The van der Waals surface area contributed by atoms with Crippen LogP contribution in [0.15, 0.2) is 65.2 Å². The maximum absolute atomic E-state index is 12.5. The van der Waals surface area contributed by atoms with Crippen LogP contribution in [0.3, 0.4) is 0 Å². The summed E-state index contributed by atoms with van der Waals surface area (Å²) in [6.45, 7) is 0. The van der Waals surface area contributed by atoms with E-state index in [1.54, 1.807) is 23.0 Å². The average Bonchev–Trinajstić information content (AvgIpc) is 3.06. The lowest BCUT2D eigenvalue weighted by atomic mass is 10.2. The minimum absolute atomic E-state index is 0.118. The summed E-state index contributed by atoms with van der Waals surface area (Å²) < 4.78 is 1.59. The zero-order valence-corrected chi connectivity index (χ0v) is 13.4. The van der Waals surface area contributed by atoms with Gasteiger partial charge in [-0.1, -0.05) is 18.2 Å². The van der Waals surface area contributed by atoms with Gasteiger partial charge in [0.05, 0.1) is 17.1 Å². The minimum Gasteiger partial charge on any atom is -0.269 e. The van der Waals surface area contributed by atoms with Crippen molar-refractivity contribution in [1.29, 1.82) is 0 Å². The molecule has 4 rings (SSSR count). The highest BCUT2D eigenvalue weighted by Gasteiger charge is 2.10. The highest BCUT2D eigenvalue weighted by atomic mass is 32.1. The molecular weight excluding hydrogens is 320 g/mol. The highest BCUT2D eigenvalue weighted by molar-refractivity contribution is 7.15. The lowest BCUT2D eigenvalue weighted by Gasteiger charge is -2.01. The Labute approximate surface area is 141 Å². The van der Waals surface area contributed by atoms with E-state index in [1.165, 1.54) is 17.4 Å². The summed E-state index contributed by atoms with van der Waals surface area (Å²) in [5.41, 5.74) is 2.98. The lowest BCUT2D eigenvalue weighted by molar-refractivity contribution is 1.07. The molecule has 6 heteroatoms. The molecule has 0 aliphatic carbocycles. The number of pyridine rings is 2. The van der Waals surface area contributed by atoms with Gasteiger partial charge >= 0.3 is 0 Å². The van der Waals surface area contributed by atoms with Crippen LogP contribution in [0, 0.1) is 0 Å². The molecule has 0 N–H and O–H groups in total. The van der Waals surface area contributed by atoms with Crippen molar-refractivity contribution in [3.63, 3.8) is 0 Å². The first-order chi connectivity index (χ1) is 11.8. The van der Waals surface area contributed by atoms with Crippen LogP contribution in [-0.4, -0.2) is 19.4 Å². The van der Waals surface area contributed by atoms with Crippen molar-refractivity contribution < 1.29 is 0 Å². The highest BCUT2D eigenvalue weighted by Crippen LogP contribution is 2.22. The summed E-state index contributed by atoms with van der Waals surface area (Å²) in [6, 6.07) is 11.0. The van der Waals surface area contributed by atoms with Crippen molar-refractivity contribution in [2.75, 3.05) is 0 Å². The van der Waals surface area contributed by atoms with Crippen molar-refractivity contribution in [2.45, 2.75) is 0 Å². The van der Waals surface area contributed by atoms with Crippen LogP contribution in [0.25, 0.3) is 28.5 Å². The molecule has 0 radical (unpaired) electrons. The van der Waals surface area contributed by atoms with E-state index < -0.39 is 0 Å². The number of hydrogen-bond donors (Lipinski definition) is 0. The molecule has 0 aliphatic heterocycles. The van der Waals surface area contributed by atoms with E-state index >= 15 is 0 Å². The molecule has 5 nitrogen and oxygen atoms in total. The normalized spacial score (nSPS) is 11.3. The predicted octanol–water partition coefficient (Wildman–Crippen LogP) is 3.38. The first kappa shape index (κ1) is 14.5. The summed E-state index contributed by atoms with van der Waals surface area (Å²) in [5, 5.41) is 1.90. The van der Waals surface area contributed by atoms with Gasteiger partial charge in [0, 0.05) is 30.0 Å². The molecule has 0 amide bonds. The molecule has 0 aliphatic rings. The molecular formula is C18H12N4OS. The maximum atomic E-state index is 12.5. The van der Waals surface area contributed by atoms with Crippen molar-refractivity contribution in [1.82, 2.24) is 19.4 Å². The molecule has 0 saturated heterocycles. The predicted molar refractivity (Wildman–Crippen MR) is 95.7 cm³/mol. The van der Waals surface area contributed by atoms with E-state index in [4.69, 9.17) is 0 Å². The Bertz CT molecular complexity index is 1070. The smallest absolute Gasteiger partial charge is 0.259 e. The molecule has 4 aromatic rings. The first-order valence-electron chi connectivity index (χ1n) is 7.32. The second-order valence-electron chi connectivity index (χ2n) is 5.09. The second-order valence-corrected chi connectivity index (χ2v) is 5.93. The van der Waals surface area contributed by atoms with Gasteiger partial charge in [0.1, 0.15) is 0 Å². The Morgan fingerprint density at radius 3 is 2.83 bits per heavy atom. The second kappa shape index (κ2) is 6.17. The third-order valence-corrected chi connectivity index (χ3v) is 4.31. The average molecular weight is 332 g/mol. The van der Waals surface area contributed by atoms with Crippen LogP contribution in [-0.2, 0) is 0 Å². The number of nitrogens with zero attached hydrogens (tertiary/aromatic N) is 4. The number of rotatable bonds is 3. The fourth-order valence-corrected chi connectivity index (χ4v) is 3.27. The van der Waals surface area contributed by atoms with Crippen LogP contribution >= 0.6 is 11.3 Å². The van der Waals surface area contributed by atoms with Gasteiger partial charge < -0.3 is 0 Å². The monoisotopic (exact) mass is 332 g/mol. The lowest BCUT2D eigenvalue weighted by Crippen LogP contribution is -2.14. The SMILES string of the molecule is O=c1cc(/C=C/c2cccnc2)nc2scc(-c3ccccn3)n12. The van der Waals surface area contributed by atoms with Gasteiger partial charge in [-0.15, -0.1) is 11.3 Å². The zero-order valence-electron chi connectivity index (χ0n) is 12.5. The van der Waals surface area contributed by atoms with E-state index in [0.717, 1.165) is 17.0 Å². The summed E-state index contributed by atoms with van der Waals surface area (Å²) in [6.07, 6.45) is 8.89. The molecule has 0 saturated carbocycles. The summed E-state index contributed by atoms with van der Waals surface area (Å²) in [7, 11) is 0. The Morgan fingerprint density at radius 2 is 2.04 bits per heavy atom. The van der Waals surface area contributed by atoms with Crippen LogP contribution in [0.2, 0.25) is 0 Å². The molecule has 0 fully saturated rings. The third kappa shape index (κ3) is 2.75. The fourth-order valence-electron chi connectivity index (χ4n) is 2.37. The van der Waals surface area contributed by atoms with Gasteiger partial charge in [-0.05, 0) is 29.8 Å².